The molecule has 4 aromatic rings. The van der Waals surface area contributed by atoms with Crippen LogP contribution < -0.4 is 10.1 Å². The number of ether oxygens (including phenoxy) is 1. The average Bonchev–Trinajstić information content (AvgIpc) is 3.17. The van der Waals surface area contributed by atoms with Crippen molar-refractivity contribution in [1.82, 2.24) is 0 Å². The fourth-order valence-electron chi connectivity index (χ4n) is 3.39. The van der Waals surface area contributed by atoms with Crippen molar-refractivity contribution in [2.24, 2.45) is 0 Å². The van der Waals surface area contributed by atoms with Gasteiger partial charge in [0.25, 0.3) is 0 Å². The van der Waals surface area contributed by atoms with Gasteiger partial charge in [-0.15, -0.1) is 0 Å². The van der Waals surface area contributed by atoms with Crippen LogP contribution in [-0.4, -0.2) is 13.0 Å². The Kier molecular flexibility index (Phi) is 6.03. The van der Waals surface area contributed by atoms with Crippen LogP contribution in [0.1, 0.15) is 12.5 Å². The molecule has 31 heavy (non-hydrogen) atoms. The number of amides is 1. The minimum atomic E-state index is -0.280. The zero-order valence-corrected chi connectivity index (χ0v) is 18.4. The molecule has 4 rings (SSSR count). The van der Waals surface area contributed by atoms with E-state index in [1.54, 1.807) is 25.5 Å². The first-order chi connectivity index (χ1) is 15.0. The first-order valence-corrected chi connectivity index (χ1v) is 10.3. The highest BCUT2D eigenvalue weighted by molar-refractivity contribution is 6.33. The van der Waals surface area contributed by atoms with Gasteiger partial charge in [-0.2, -0.15) is 0 Å². The van der Waals surface area contributed by atoms with Crippen molar-refractivity contribution in [3.63, 3.8) is 0 Å². The summed E-state index contributed by atoms with van der Waals surface area (Å²) in [5.41, 5.74) is 4.70. The molecule has 6 heteroatoms. The summed E-state index contributed by atoms with van der Waals surface area (Å²) in [6.07, 6.45) is 3.23. The highest BCUT2D eigenvalue weighted by atomic mass is 35.5. The molecule has 3 aromatic carbocycles. The van der Waals surface area contributed by atoms with Crippen molar-refractivity contribution in [3.05, 3.63) is 88.6 Å². The number of nitrogens with one attached hydrogen (secondary N) is 1. The number of benzene rings is 3. The Labute approximate surface area is 190 Å². The van der Waals surface area contributed by atoms with Gasteiger partial charge in [0.15, 0.2) is 0 Å². The van der Waals surface area contributed by atoms with Gasteiger partial charge in [-0.3, -0.25) is 4.79 Å². The molecule has 0 saturated heterocycles. The number of hydrogen-bond acceptors (Lipinski definition) is 3. The normalized spacial score (nSPS) is 11.5. The lowest BCUT2D eigenvalue weighted by Crippen LogP contribution is -2.09. The molecule has 0 saturated carbocycles. The molecule has 4 nitrogen and oxygen atoms in total. The van der Waals surface area contributed by atoms with E-state index in [0.29, 0.717) is 27.1 Å². The Balaban J connectivity index is 1.72. The smallest absolute Gasteiger partial charge is 0.248 e. The Morgan fingerprint density at radius 3 is 2.52 bits per heavy atom. The van der Waals surface area contributed by atoms with E-state index >= 15 is 0 Å². The number of carbonyl (C=O) groups excluding carboxylic acids is 1. The first-order valence-electron chi connectivity index (χ1n) is 9.55. The Morgan fingerprint density at radius 2 is 1.81 bits per heavy atom. The monoisotopic (exact) mass is 451 g/mol. The predicted octanol–water partition coefficient (Wildman–Crippen LogP) is 7.46. The fraction of sp³-hybridized carbons (Fsp3) is 0.0800. The van der Waals surface area contributed by atoms with Gasteiger partial charge < -0.3 is 14.5 Å². The van der Waals surface area contributed by atoms with E-state index in [2.05, 4.69) is 5.32 Å². The van der Waals surface area contributed by atoms with E-state index in [4.69, 9.17) is 32.4 Å². The van der Waals surface area contributed by atoms with E-state index < -0.39 is 0 Å². The van der Waals surface area contributed by atoms with Crippen LogP contribution in [0.4, 0.5) is 5.69 Å². The highest BCUT2D eigenvalue weighted by Crippen LogP contribution is 2.37. The molecule has 0 atom stereocenters. The number of rotatable bonds is 5. The van der Waals surface area contributed by atoms with Crippen LogP contribution in [0.25, 0.3) is 27.7 Å². The molecule has 0 aliphatic heterocycles. The second kappa shape index (κ2) is 8.88. The zero-order chi connectivity index (χ0) is 22.0. The maximum Gasteiger partial charge on any atom is 0.248 e. The summed E-state index contributed by atoms with van der Waals surface area (Å²) in [5.74, 6) is 0.335. The summed E-state index contributed by atoms with van der Waals surface area (Å²) >= 11 is 12.2. The summed E-state index contributed by atoms with van der Waals surface area (Å²) in [7, 11) is 1.59. The zero-order valence-electron chi connectivity index (χ0n) is 16.9. The van der Waals surface area contributed by atoms with E-state index in [1.807, 2.05) is 55.5 Å². The van der Waals surface area contributed by atoms with E-state index in [-0.39, 0.29) is 5.91 Å². The van der Waals surface area contributed by atoms with Crippen LogP contribution in [0.3, 0.4) is 0 Å². The quantitative estimate of drug-likeness (QED) is 0.320. The van der Waals surface area contributed by atoms with Gasteiger partial charge in [-0.1, -0.05) is 47.5 Å². The van der Waals surface area contributed by atoms with Crippen molar-refractivity contribution in [3.8, 4) is 16.9 Å². The van der Waals surface area contributed by atoms with Crippen LogP contribution >= 0.6 is 23.2 Å². The summed E-state index contributed by atoms with van der Waals surface area (Å²) in [6, 6.07) is 18.4. The van der Waals surface area contributed by atoms with Crippen LogP contribution in [0, 0.1) is 0 Å². The van der Waals surface area contributed by atoms with Gasteiger partial charge in [0, 0.05) is 33.7 Å². The molecule has 1 amide bonds. The molecule has 0 spiro atoms. The summed E-state index contributed by atoms with van der Waals surface area (Å²) in [5, 5.41) is 4.87. The molecule has 156 valence electrons. The lowest BCUT2D eigenvalue weighted by molar-refractivity contribution is -0.111. The number of anilines is 1. The maximum atomic E-state index is 12.6. The largest absolute Gasteiger partial charge is 0.496 e. The average molecular weight is 452 g/mol. The minimum Gasteiger partial charge on any atom is -0.496 e. The number of fused-ring (bicyclic) bond motifs is 1. The third kappa shape index (κ3) is 4.46. The van der Waals surface area contributed by atoms with E-state index in [0.717, 1.165) is 27.6 Å². The molecular weight excluding hydrogens is 433 g/mol. The van der Waals surface area contributed by atoms with Crippen molar-refractivity contribution < 1.29 is 13.9 Å². The molecule has 0 unspecified atom stereocenters. The molecule has 1 N–H and O–H groups in total. The Hall–Kier alpha value is -3.21. The van der Waals surface area contributed by atoms with Gasteiger partial charge in [0.05, 0.1) is 24.1 Å². The number of para-hydroxylation sites is 1. The summed E-state index contributed by atoms with van der Waals surface area (Å²) in [6.45, 7) is 1.86. The molecule has 1 heterocycles. The maximum absolute atomic E-state index is 12.6. The van der Waals surface area contributed by atoms with Crippen LogP contribution in [-0.2, 0) is 4.79 Å². The molecule has 0 fully saturated rings. The molecule has 0 aliphatic carbocycles. The van der Waals surface area contributed by atoms with Gasteiger partial charge in [0.2, 0.25) is 5.91 Å². The number of allylic oxidation sites excluding steroid dienone is 1. The van der Waals surface area contributed by atoms with E-state index in [9.17, 15) is 4.79 Å². The van der Waals surface area contributed by atoms with Crippen molar-refractivity contribution in [2.45, 2.75) is 6.92 Å². The van der Waals surface area contributed by atoms with Crippen molar-refractivity contribution >= 4 is 51.3 Å². The number of carbonyl (C=O) groups is 1. The third-order valence-electron chi connectivity index (χ3n) is 4.96. The fourth-order valence-corrected chi connectivity index (χ4v) is 3.70. The topological polar surface area (TPSA) is 51.5 Å². The van der Waals surface area contributed by atoms with Crippen molar-refractivity contribution in [1.29, 1.82) is 0 Å². The highest BCUT2D eigenvalue weighted by Gasteiger charge is 2.15. The number of halogens is 2. The molecule has 0 aliphatic rings. The Morgan fingerprint density at radius 1 is 1.06 bits per heavy atom. The number of methoxy groups -OCH3 is 1. The summed E-state index contributed by atoms with van der Waals surface area (Å²) in [4.78, 5) is 12.6. The van der Waals surface area contributed by atoms with E-state index in [1.165, 1.54) is 6.08 Å². The molecule has 1 aromatic heterocycles. The SMILES string of the molecule is COc1cc2occ(-c3ccc(Cl)cc3)c2cc1/C(C)=C/C(=O)Nc1ccccc1Cl. The van der Waals surface area contributed by atoms with Crippen LogP contribution in [0.5, 0.6) is 5.75 Å². The predicted molar refractivity (Wildman–Crippen MR) is 127 cm³/mol. The second-order valence-corrected chi connectivity index (χ2v) is 7.85. The minimum absolute atomic E-state index is 0.280. The van der Waals surface area contributed by atoms with Gasteiger partial charge in [0.1, 0.15) is 11.3 Å². The number of furan rings is 1. The standard InChI is InChI=1S/C25H19Cl2NO3/c1-15(11-25(29)28-22-6-4-3-5-21(22)27)18-12-19-20(16-7-9-17(26)10-8-16)14-31-24(19)13-23(18)30-2/h3-14H,1-2H3,(H,28,29)/b15-11+. The number of hydrogen-bond donors (Lipinski definition) is 1. The first kappa shape index (κ1) is 21.0. The van der Waals surface area contributed by atoms with Crippen LogP contribution in [0.2, 0.25) is 10.0 Å². The van der Waals surface area contributed by atoms with Gasteiger partial charge in [-0.25, -0.2) is 0 Å². The van der Waals surface area contributed by atoms with Crippen LogP contribution in [0.15, 0.2) is 77.4 Å². The summed E-state index contributed by atoms with van der Waals surface area (Å²) < 4.78 is 11.3. The van der Waals surface area contributed by atoms with Gasteiger partial charge >= 0.3 is 0 Å². The molecule has 0 radical (unpaired) electrons. The third-order valence-corrected chi connectivity index (χ3v) is 5.54. The lowest BCUT2D eigenvalue weighted by Gasteiger charge is -2.10. The Bertz CT molecular complexity index is 1290. The molecular formula is C25H19Cl2NO3. The molecule has 0 bridgehead atoms. The van der Waals surface area contributed by atoms with Gasteiger partial charge in [-0.05, 0) is 48.4 Å². The van der Waals surface area contributed by atoms with Crippen molar-refractivity contribution in [2.75, 3.05) is 12.4 Å². The lowest BCUT2D eigenvalue weighted by atomic mass is 9.99. The second-order valence-electron chi connectivity index (χ2n) is 7.00.